The summed E-state index contributed by atoms with van der Waals surface area (Å²) >= 11 is 0. The van der Waals surface area contributed by atoms with Crippen LogP contribution in [0.25, 0.3) is 0 Å². The van der Waals surface area contributed by atoms with E-state index in [2.05, 4.69) is 11.0 Å². The fraction of sp³-hybridized carbons (Fsp3) is 0.500. The Morgan fingerprint density at radius 1 is 0.903 bits per heavy atom. The highest BCUT2D eigenvalue weighted by Crippen LogP contribution is 2.28. The molecular weight excluding hydrogens is 412 g/mol. The number of ether oxygens (including phenoxy) is 2. The number of nitrogens with zero attached hydrogens (tertiary/aromatic N) is 2. The van der Waals surface area contributed by atoms with Crippen molar-refractivity contribution in [3.05, 3.63) is 53.6 Å². The molecule has 0 atom stereocenters. The molecule has 0 aliphatic carbocycles. The van der Waals surface area contributed by atoms with Crippen LogP contribution in [0, 0.1) is 0 Å². The van der Waals surface area contributed by atoms with Crippen molar-refractivity contribution in [2.75, 3.05) is 39.9 Å². The van der Waals surface area contributed by atoms with Crippen LogP contribution in [0.1, 0.15) is 36.8 Å². The first-order valence-corrected chi connectivity index (χ1v) is 12.6. The van der Waals surface area contributed by atoms with Gasteiger partial charge in [0.2, 0.25) is 10.0 Å². The third-order valence-electron chi connectivity index (χ3n) is 6.19. The van der Waals surface area contributed by atoms with Crippen molar-refractivity contribution < 1.29 is 17.9 Å². The summed E-state index contributed by atoms with van der Waals surface area (Å²) in [4.78, 5) is 2.81. The minimum Gasteiger partial charge on any atom is -0.497 e. The van der Waals surface area contributed by atoms with E-state index in [9.17, 15) is 8.42 Å². The summed E-state index contributed by atoms with van der Waals surface area (Å²) in [6.07, 6.45) is 5.69. The summed E-state index contributed by atoms with van der Waals surface area (Å²) in [6.45, 7) is 5.03. The van der Waals surface area contributed by atoms with Crippen LogP contribution in [0.3, 0.4) is 0 Å². The first kappa shape index (κ1) is 22.1. The van der Waals surface area contributed by atoms with E-state index in [0.29, 0.717) is 36.8 Å². The maximum atomic E-state index is 13.1. The molecule has 0 radical (unpaired) electrons. The largest absolute Gasteiger partial charge is 0.497 e. The lowest BCUT2D eigenvalue weighted by Crippen LogP contribution is -2.36. The number of methoxy groups -OCH3 is 1. The van der Waals surface area contributed by atoms with E-state index in [0.717, 1.165) is 24.3 Å². The summed E-state index contributed by atoms with van der Waals surface area (Å²) < 4.78 is 38.9. The van der Waals surface area contributed by atoms with E-state index < -0.39 is 10.0 Å². The molecule has 4 rings (SSSR count). The number of piperidine rings is 1. The van der Waals surface area contributed by atoms with Crippen molar-refractivity contribution in [2.24, 2.45) is 0 Å². The highest BCUT2D eigenvalue weighted by atomic mass is 32.2. The van der Waals surface area contributed by atoms with Gasteiger partial charge in [-0.3, -0.25) is 0 Å². The van der Waals surface area contributed by atoms with Gasteiger partial charge < -0.3 is 14.4 Å². The maximum Gasteiger partial charge on any atom is 0.243 e. The van der Waals surface area contributed by atoms with Crippen molar-refractivity contribution in [2.45, 2.75) is 43.5 Å². The van der Waals surface area contributed by atoms with Gasteiger partial charge in [0.25, 0.3) is 0 Å². The van der Waals surface area contributed by atoms with Crippen LogP contribution >= 0.6 is 0 Å². The van der Waals surface area contributed by atoms with Crippen LogP contribution < -0.4 is 9.47 Å². The summed E-state index contributed by atoms with van der Waals surface area (Å²) in [7, 11) is -1.98. The van der Waals surface area contributed by atoms with Gasteiger partial charge in [0.15, 0.2) is 0 Å². The van der Waals surface area contributed by atoms with Crippen LogP contribution in [0.5, 0.6) is 11.5 Å². The predicted molar refractivity (Wildman–Crippen MR) is 121 cm³/mol. The number of benzene rings is 2. The zero-order valence-corrected chi connectivity index (χ0v) is 19.1. The minimum absolute atomic E-state index is 0.293. The van der Waals surface area contributed by atoms with Crippen molar-refractivity contribution in [1.29, 1.82) is 0 Å². The zero-order chi connectivity index (χ0) is 21.7. The van der Waals surface area contributed by atoms with Gasteiger partial charge in [-0.25, -0.2) is 8.42 Å². The second-order valence-electron chi connectivity index (χ2n) is 8.30. The van der Waals surface area contributed by atoms with Gasteiger partial charge in [0.1, 0.15) is 11.5 Å². The molecule has 168 valence electrons. The molecule has 6 nitrogen and oxygen atoms in total. The third-order valence-corrected chi connectivity index (χ3v) is 8.05. The normalized spacial score (nSPS) is 17.8. The molecule has 7 heteroatoms. The van der Waals surface area contributed by atoms with Crippen molar-refractivity contribution in [3.63, 3.8) is 0 Å². The zero-order valence-electron chi connectivity index (χ0n) is 18.3. The van der Waals surface area contributed by atoms with E-state index in [1.54, 1.807) is 35.7 Å². The quantitative estimate of drug-likeness (QED) is 0.581. The van der Waals surface area contributed by atoms with Gasteiger partial charge in [-0.1, -0.05) is 12.5 Å². The lowest BCUT2D eigenvalue weighted by molar-refractivity contribution is 0.205. The van der Waals surface area contributed by atoms with Gasteiger partial charge in [0, 0.05) is 19.6 Å². The van der Waals surface area contributed by atoms with Crippen molar-refractivity contribution in [3.8, 4) is 11.5 Å². The average Bonchev–Trinajstić information content (AvgIpc) is 2.82. The number of likely N-dealkylation sites (tertiary alicyclic amines) is 1. The van der Waals surface area contributed by atoms with Gasteiger partial charge >= 0.3 is 0 Å². The van der Waals surface area contributed by atoms with Crippen LogP contribution in [0.2, 0.25) is 0 Å². The predicted octanol–water partition coefficient (Wildman–Crippen LogP) is 3.70. The molecule has 0 N–H and O–H groups in total. The Morgan fingerprint density at radius 3 is 2.39 bits per heavy atom. The highest BCUT2D eigenvalue weighted by Gasteiger charge is 2.28. The number of rotatable bonds is 8. The molecule has 31 heavy (non-hydrogen) atoms. The Labute approximate surface area is 185 Å². The minimum atomic E-state index is -3.54. The molecule has 0 spiro atoms. The first-order valence-electron chi connectivity index (χ1n) is 11.2. The van der Waals surface area contributed by atoms with Gasteiger partial charge in [0.05, 0.1) is 18.6 Å². The topological polar surface area (TPSA) is 59.1 Å². The molecule has 2 aliphatic heterocycles. The molecule has 2 aliphatic rings. The van der Waals surface area contributed by atoms with Crippen LogP contribution in [0.15, 0.2) is 47.4 Å². The number of fused-ring (bicyclic) bond motifs is 1. The molecule has 1 saturated heterocycles. The highest BCUT2D eigenvalue weighted by molar-refractivity contribution is 7.89. The molecule has 0 saturated carbocycles. The van der Waals surface area contributed by atoms with Crippen molar-refractivity contribution >= 4 is 10.0 Å². The van der Waals surface area contributed by atoms with Crippen LogP contribution in [-0.4, -0.2) is 57.5 Å². The van der Waals surface area contributed by atoms with Crippen LogP contribution in [-0.2, 0) is 23.0 Å². The first-order chi connectivity index (χ1) is 15.1. The Hall–Kier alpha value is -2.09. The molecule has 0 amide bonds. The maximum absolute atomic E-state index is 13.1. The lowest BCUT2D eigenvalue weighted by Gasteiger charge is -2.28. The summed E-state index contributed by atoms with van der Waals surface area (Å²) in [5, 5.41) is 0. The SMILES string of the molecule is COc1ccc(S(=O)(=O)N2CCc3ccc(OCCCN4CCCCC4)cc3C2)cc1. The molecule has 2 heterocycles. The lowest BCUT2D eigenvalue weighted by atomic mass is 10.0. The van der Waals surface area contributed by atoms with E-state index >= 15 is 0 Å². The Bertz CT molecular complexity index is 970. The number of hydrogen-bond acceptors (Lipinski definition) is 5. The monoisotopic (exact) mass is 444 g/mol. The molecule has 2 aromatic rings. The Balaban J connectivity index is 1.36. The number of sulfonamides is 1. The number of hydrogen-bond donors (Lipinski definition) is 0. The Morgan fingerprint density at radius 2 is 1.65 bits per heavy atom. The standard InChI is InChI=1S/C24H32N2O4S/c1-29-22-8-10-24(11-9-22)31(27,28)26-16-12-20-6-7-23(18-21(20)19-26)30-17-5-15-25-13-3-2-4-14-25/h6-11,18H,2-5,12-17,19H2,1H3. The third kappa shape index (κ3) is 5.40. The second-order valence-corrected chi connectivity index (χ2v) is 10.2. The van der Waals surface area contributed by atoms with E-state index in [-0.39, 0.29) is 0 Å². The van der Waals surface area contributed by atoms with Gasteiger partial charge in [-0.15, -0.1) is 0 Å². The fourth-order valence-corrected chi connectivity index (χ4v) is 5.78. The van der Waals surface area contributed by atoms with Gasteiger partial charge in [-0.05, 0) is 86.3 Å². The Kier molecular flexibility index (Phi) is 7.15. The summed E-state index contributed by atoms with van der Waals surface area (Å²) in [5.74, 6) is 1.46. The molecule has 0 aromatic heterocycles. The average molecular weight is 445 g/mol. The summed E-state index contributed by atoms with van der Waals surface area (Å²) in [5.41, 5.74) is 2.22. The van der Waals surface area contributed by atoms with E-state index in [4.69, 9.17) is 9.47 Å². The molecule has 0 unspecified atom stereocenters. The molecule has 0 bridgehead atoms. The second kappa shape index (κ2) is 10.0. The fourth-order valence-electron chi connectivity index (χ4n) is 4.36. The molecule has 1 fully saturated rings. The van der Waals surface area contributed by atoms with E-state index in [1.807, 2.05) is 12.1 Å². The molecule has 2 aromatic carbocycles. The van der Waals surface area contributed by atoms with E-state index in [1.165, 1.54) is 37.9 Å². The van der Waals surface area contributed by atoms with Crippen LogP contribution in [0.4, 0.5) is 0 Å². The summed E-state index contributed by atoms with van der Waals surface area (Å²) in [6, 6.07) is 12.7. The molecular formula is C24H32N2O4S. The van der Waals surface area contributed by atoms with Crippen molar-refractivity contribution in [1.82, 2.24) is 9.21 Å². The van der Waals surface area contributed by atoms with Gasteiger partial charge in [-0.2, -0.15) is 4.31 Å². The smallest absolute Gasteiger partial charge is 0.243 e.